The number of nitrogens with one attached hydrogen (secondary N) is 1. The molecule has 1 aliphatic rings. The second-order valence-electron chi connectivity index (χ2n) is 6.25. The molecule has 28 heavy (non-hydrogen) atoms. The predicted molar refractivity (Wildman–Crippen MR) is 102 cm³/mol. The van der Waals surface area contributed by atoms with E-state index < -0.39 is 23.7 Å². The first-order valence-electron chi connectivity index (χ1n) is 8.48. The molecule has 0 bridgehead atoms. The third-order valence-corrected chi connectivity index (χ3v) is 4.45. The van der Waals surface area contributed by atoms with Gasteiger partial charge in [0.15, 0.2) is 0 Å². The van der Waals surface area contributed by atoms with Crippen LogP contribution in [0.4, 0.5) is 5.69 Å². The summed E-state index contributed by atoms with van der Waals surface area (Å²) in [4.78, 5) is 50.1. The van der Waals surface area contributed by atoms with Crippen molar-refractivity contribution in [3.63, 3.8) is 0 Å². The fourth-order valence-corrected chi connectivity index (χ4v) is 2.92. The van der Waals surface area contributed by atoms with Crippen LogP contribution in [0.25, 0.3) is 0 Å². The summed E-state index contributed by atoms with van der Waals surface area (Å²) < 4.78 is 4.69. The van der Waals surface area contributed by atoms with Crippen LogP contribution in [0.3, 0.4) is 0 Å². The van der Waals surface area contributed by atoms with E-state index in [2.05, 4.69) is 11.9 Å². The number of rotatable bonds is 5. The number of hydrogen-bond acceptors (Lipinski definition) is 5. The molecule has 7 nitrogen and oxygen atoms in total. The van der Waals surface area contributed by atoms with E-state index in [0.717, 1.165) is 10.5 Å². The molecule has 0 atom stereocenters. The minimum absolute atomic E-state index is 0.105. The van der Waals surface area contributed by atoms with Crippen LogP contribution in [0.1, 0.15) is 47.0 Å². The van der Waals surface area contributed by atoms with Crippen molar-refractivity contribution in [3.8, 4) is 0 Å². The Balaban J connectivity index is 1.88. The van der Waals surface area contributed by atoms with Crippen LogP contribution in [0.5, 0.6) is 0 Å². The number of fused-ring (bicyclic) bond motifs is 1. The molecule has 0 saturated heterocycles. The summed E-state index contributed by atoms with van der Waals surface area (Å²) in [7, 11) is 1.28. The molecule has 0 spiro atoms. The average Bonchev–Trinajstić information content (AvgIpc) is 2.93. The van der Waals surface area contributed by atoms with E-state index >= 15 is 0 Å². The number of carbonyl (C=O) groups excluding carboxylic acids is 4. The fourth-order valence-electron chi connectivity index (χ4n) is 2.92. The zero-order valence-electron chi connectivity index (χ0n) is 15.4. The highest BCUT2D eigenvalue weighted by atomic mass is 16.5. The molecule has 0 aliphatic carbocycles. The molecule has 1 heterocycles. The Bertz CT molecular complexity index is 1030. The zero-order chi connectivity index (χ0) is 20.4. The van der Waals surface area contributed by atoms with Crippen LogP contribution in [0.15, 0.2) is 49.1 Å². The number of nitrogens with zero attached hydrogens (tertiary/aromatic N) is 1. The van der Waals surface area contributed by atoms with E-state index in [4.69, 9.17) is 4.74 Å². The lowest BCUT2D eigenvalue weighted by molar-refractivity contribution is 0.0598. The van der Waals surface area contributed by atoms with E-state index in [1.807, 2.05) is 0 Å². The van der Waals surface area contributed by atoms with Gasteiger partial charge in [-0.15, -0.1) is 6.58 Å². The van der Waals surface area contributed by atoms with Crippen molar-refractivity contribution in [3.05, 3.63) is 76.9 Å². The van der Waals surface area contributed by atoms with Gasteiger partial charge in [0, 0.05) is 17.8 Å². The highest BCUT2D eigenvalue weighted by Crippen LogP contribution is 2.25. The molecule has 0 unspecified atom stereocenters. The molecule has 2 aromatic carbocycles. The van der Waals surface area contributed by atoms with Gasteiger partial charge in [0.2, 0.25) is 0 Å². The highest BCUT2D eigenvalue weighted by molar-refractivity contribution is 6.22. The number of methoxy groups -OCH3 is 1. The second-order valence-corrected chi connectivity index (χ2v) is 6.25. The maximum atomic E-state index is 12.7. The number of ether oxygens (including phenoxy) is 1. The van der Waals surface area contributed by atoms with E-state index in [1.165, 1.54) is 37.5 Å². The molecule has 0 aromatic heterocycles. The lowest BCUT2D eigenvalue weighted by Crippen LogP contribution is -2.29. The monoisotopic (exact) mass is 378 g/mol. The quantitative estimate of drug-likeness (QED) is 0.491. The summed E-state index contributed by atoms with van der Waals surface area (Å²) in [6.07, 6.45) is 1.46. The first-order valence-corrected chi connectivity index (χ1v) is 8.48. The van der Waals surface area contributed by atoms with E-state index in [0.29, 0.717) is 11.3 Å². The van der Waals surface area contributed by atoms with Gasteiger partial charge in [-0.25, -0.2) is 4.79 Å². The molecule has 3 amide bonds. The van der Waals surface area contributed by atoms with E-state index in [1.54, 1.807) is 19.1 Å². The molecular formula is C21H18N2O5. The third-order valence-electron chi connectivity index (χ3n) is 4.45. The summed E-state index contributed by atoms with van der Waals surface area (Å²) in [5.74, 6) is -1.85. The number of benzene rings is 2. The molecular weight excluding hydrogens is 360 g/mol. The van der Waals surface area contributed by atoms with Gasteiger partial charge in [0.05, 0.1) is 23.8 Å². The Kier molecular flexibility index (Phi) is 5.08. The Hall–Kier alpha value is -3.74. The predicted octanol–water partition coefficient (Wildman–Crippen LogP) is 2.82. The van der Waals surface area contributed by atoms with Crippen molar-refractivity contribution in [1.82, 2.24) is 4.90 Å². The first kappa shape index (κ1) is 19.0. The van der Waals surface area contributed by atoms with Gasteiger partial charge in [0.25, 0.3) is 17.7 Å². The maximum absolute atomic E-state index is 12.7. The molecule has 0 fully saturated rings. The molecule has 1 aliphatic heterocycles. The number of hydrogen-bond donors (Lipinski definition) is 1. The lowest BCUT2D eigenvalue weighted by Gasteiger charge is -2.10. The summed E-state index contributed by atoms with van der Waals surface area (Å²) in [6.45, 7) is 5.43. The molecule has 0 radical (unpaired) electrons. The van der Waals surface area contributed by atoms with Gasteiger partial charge >= 0.3 is 5.97 Å². The number of aryl methyl sites for hydroxylation is 1. The molecule has 2 aromatic rings. The number of carbonyl (C=O) groups is 4. The van der Waals surface area contributed by atoms with Gasteiger partial charge < -0.3 is 10.1 Å². The molecule has 0 saturated carbocycles. The summed E-state index contributed by atoms with van der Waals surface area (Å²) in [5.41, 5.74) is 2.17. The van der Waals surface area contributed by atoms with Crippen LogP contribution in [-0.2, 0) is 4.74 Å². The number of imide groups is 1. The number of esters is 1. The smallest absolute Gasteiger partial charge is 0.337 e. The van der Waals surface area contributed by atoms with Crippen molar-refractivity contribution in [1.29, 1.82) is 0 Å². The van der Waals surface area contributed by atoms with Gasteiger partial charge in [-0.05, 0) is 42.8 Å². The summed E-state index contributed by atoms with van der Waals surface area (Å²) >= 11 is 0. The minimum atomic E-state index is -0.514. The van der Waals surface area contributed by atoms with Gasteiger partial charge in [-0.3, -0.25) is 19.3 Å². The molecule has 7 heteroatoms. The Morgan fingerprint density at radius 3 is 2.43 bits per heavy atom. The van der Waals surface area contributed by atoms with Crippen LogP contribution in [0.2, 0.25) is 0 Å². The van der Waals surface area contributed by atoms with Crippen molar-refractivity contribution in [2.75, 3.05) is 19.0 Å². The Labute approximate surface area is 161 Å². The van der Waals surface area contributed by atoms with Crippen molar-refractivity contribution in [2.45, 2.75) is 6.92 Å². The van der Waals surface area contributed by atoms with E-state index in [-0.39, 0.29) is 23.2 Å². The Morgan fingerprint density at radius 1 is 1.07 bits per heavy atom. The summed E-state index contributed by atoms with van der Waals surface area (Å²) in [5, 5.41) is 2.73. The molecule has 142 valence electrons. The largest absolute Gasteiger partial charge is 0.465 e. The van der Waals surface area contributed by atoms with Crippen LogP contribution >= 0.6 is 0 Å². The van der Waals surface area contributed by atoms with Crippen molar-refractivity contribution >= 4 is 29.4 Å². The van der Waals surface area contributed by atoms with E-state index in [9.17, 15) is 19.2 Å². The van der Waals surface area contributed by atoms with Gasteiger partial charge in [-0.1, -0.05) is 12.1 Å². The normalized spacial score (nSPS) is 12.6. The second kappa shape index (κ2) is 7.48. The van der Waals surface area contributed by atoms with Gasteiger partial charge in [0.1, 0.15) is 0 Å². The summed E-state index contributed by atoms with van der Waals surface area (Å²) in [6, 6.07) is 9.16. The van der Waals surface area contributed by atoms with Gasteiger partial charge in [-0.2, -0.15) is 0 Å². The lowest BCUT2D eigenvalue weighted by atomic mass is 10.0. The SMILES string of the molecule is C=CCN1C(=O)c2ccc(C(=O)Nc3cc(C(=O)OC)ccc3C)cc2C1=O. The first-order chi connectivity index (χ1) is 13.4. The standard InChI is InChI=1S/C21H18N2O5/c1-4-9-23-19(25)15-8-7-13(10-16(15)20(23)26)18(24)22-17-11-14(21(27)28-3)6-5-12(17)2/h4-8,10-11H,1,9H2,2-3H3,(H,22,24). The van der Waals surface area contributed by atoms with Crippen molar-refractivity contribution in [2.24, 2.45) is 0 Å². The average molecular weight is 378 g/mol. The highest BCUT2D eigenvalue weighted by Gasteiger charge is 2.35. The molecule has 1 N–H and O–H groups in total. The zero-order valence-corrected chi connectivity index (χ0v) is 15.4. The number of anilines is 1. The minimum Gasteiger partial charge on any atom is -0.465 e. The van der Waals surface area contributed by atoms with Crippen LogP contribution < -0.4 is 5.32 Å². The number of amides is 3. The fraction of sp³-hybridized carbons (Fsp3) is 0.143. The van der Waals surface area contributed by atoms with Crippen LogP contribution in [-0.4, -0.2) is 42.2 Å². The van der Waals surface area contributed by atoms with Crippen LogP contribution in [0, 0.1) is 6.92 Å². The molecule has 3 rings (SSSR count). The Morgan fingerprint density at radius 2 is 1.75 bits per heavy atom. The van der Waals surface area contributed by atoms with Crippen molar-refractivity contribution < 1.29 is 23.9 Å². The topological polar surface area (TPSA) is 92.8 Å². The maximum Gasteiger partial charge on any atom is 0.337 e. The third kappa shape index (κ3) is 3.29.